The average Bonchev–Trinajstić information content (AvgIpc) is 3.31. The molecule has 134 valence electrons. The van der Waals surface area contributed by atoms with Gasteiger partial charge in [0.1, 0.15) is 12.6 Å². The van der Waals surface area contributed by atoms with Crippen LogP contribution in [0.25, 0.3) is 0 Å². The summed E-state index contributed by atoms with van der Waals surface area (Å²) in [4.78, 5) is 15.6. The topological polar surface area (TPSA) is 89.1 Å². The summed E-state index contributed by atoms with van der Waals surface area (Å²) in [5.74, 6) is -0.0277. The van der Waals surface area contributed by atoms with Crippen LogP contribution in [0.4, 0.5) is 0 Å². The van der Waals surface area contributed by atoms with Crippen LogP contribution in [0.3, 0.4) is 0 Å². The second-order valence-electron chi connectivity index (χ2n) is 6.36. The van der Waals surface area contributed by atoms with Crippen LogP contribution in [0.5, 0.6) is 0 Å². The lowest BCUT2D eigenvalue weighted by Crippen LogP contribution is -2.40. The fourth-order valence-electron chi connectivity index (χ4n) is 3.15. The maximum atomic E-state index is 12.4. The standard InChI is InChI=1S/C18H20N6O2/c25-17(10-14-4-2-1-3-5-14)16-11-15-12-22(8-9-23(15)21-16)18(26)13-24-19-6-7-20-24/h1-7,11,17,25H,8-10,12-13H2/t17-/m0/s1. The second-order valence-corrected chi connectivity index (χ2v) is 6.36. The monoisotopic (exact) mass is 352 g/mol. The zero-order valence-electron chi connectivity index (χ0n) is 14.3. The third kappa shape index (κ3) is 3.50. The first-order chi connectivity index (χ1) is 12.7. The van der Waals surface area contributed by atoms with Crippen molar-refractivity contribution in [3.63, 3.8) is 0 Å². The maximum Gasteiger partial charge on any atom is 0.246 e. The Bertz CT molecular complexity index is 874. The van der Waals surface area contributed by atoms with Gasteiger partial charge in [0.25, 0.3) is 0 Å². The molecule has 1 aliphatic rings. The summed E-state index contributed by atoms with van der Waals surface area (Å²) in [6, 6.07) is 11.7. The molecule has 2 aromatic heterocycles. The molecule has 1 atom stereocenters. The summed E-state index contributed by atoms with van der Waals surface area (Å²) in [6.07, 6.45) is 2.97. The maximum absolute atomic E-state index is 12.4. The molecule has 0 radical (unpaired) electrons. The summed E-state index contributed by atoms with van der Waals surface area (Å²) in [7, 11) is 0. The predicted molar refractivity (Wildman–Crippen MR) is 92.8 cm³/mol. The SMILES string of the molecule is O=C(Cn1nccn1)N1CCn2nc([C@@H](O)Cc3ccccc3)cc2C1. The van der Waals surface area contributed by atoms with Gasteiger partial charge in [0.15, 0.2) is 0 Å². The van der Waals surface area contributed by atoms with Crippen molar-refractivity contribution < 1.29 is 9.90 Å². The fourth-order valence-corrected chi connectivity index (χ4v) is 3.15. The summed E-state index contributed by atoms with van der Waals surface area (Å²) >= 11 is 0. The van der Waals surface area contributed by atoms with Gasteiger partial charge < -0.3 is 10.0 Å². The number of carbonyl (C=O) groups excluding carboxylic acids is 1. The van der Waals surface area contributed by atoms with Crippen LogP contribution in [0.1, 0.15) is 23.1 Å². The Hall–Kier alpha value is -3.00. The van der Waals surface area contributed by atoms with Crippen LogP contribution in [-0.4, -0.2) is 47.2 Å². The van der Waals surface area contributed by atoms with Crippen molar-refractivity contribution in [2.24, 2.45) is 0 Å². The summed E-state index contributed by atoms with van der Waals surface area (Å²) in [6.45, 7) is 1.81. The van der Waals surface area contributed by atoms with Gasteiger partial charge in [-0.15, -0.1) is 0 Å². The number of benzene rings is 1. The third-order valence-electron chi connectivity index (χ3n) is 4.53. The largest absolute Gasteiger partial charge is 0.386 e. The lowest BCUT2D eigenvalue weighted by atomic mass is 10.1. The molecule has 1 aliphatic heterocycles. The molecule has 26 heavy (non-hydrogen) atoms. The minimum absolute atomic E-state index is 0.0277. The average molecular weight is 352 g/mol. The molecule has 0 fully saturated rings. The summed E-state index contributed by atoms with van der Waals surface area (Å²) in [5, 5.41) is 22.9. The Morgan fingerprint density at radius 2 is 1.92 bits per heavy atom. The van der Waals surface area contributed by atoms with E-state index >= 15 is 0 Å². The molecule has 3 aromatic rings. The Labute approximate surface area is 150 Å². The zero-order chi connectivity index (χ0) is 17.9. The van der Waals surface area contributed by atoms with Gasteiger partial charge in [-0.3, -0.25) is 9.48 Å². The molecule has 0 unspecified atom stereocenters. The number of amides is 1. The molecule has 8 nitrogen and oxygen atoms in total. The highest BCUT2D eigenvalue weighted by atomic mass is 16.3. The minimum Gasteiger partial charge on any atom is -0.386 e. The van der Waals surface area contributed by atoms with Crippen LogP contribution in [0.15, 0.2) is 48.8 Å². The van der Waals surface area contributed by atoms with E-state index in [4.69, 9.17) is 0 Å². The highest BCUT2D eigenvalue weighted by molar-refractivity contribution is 5.75. The van der Waals surface area contributed by atoms with Crippen LogP contribution in [0, 0.1) is 0 Å². The lowest BCUT2D eigenvalue weighted by Gasteiger charge is -2.27. The summed E-state index contributed by atoms with van der Waals surface area (Å²) in [5.41, 5.74) is 2.64. The van der Waals surface area contributed by atoms with Crippen LogP contribution >= 0.6 is 0 Å². The number of carbonyl (C=O) groups is 1. The van der Waals surface area contributed by atoms with Crippen molar-refractivity contribution in [3.05, 3.63) is 65.7 Å². The van der Waals surface area contributed by atoms with Gasteiger partial charge >= 0.3 is 0 Å². The van der Waals surface area contributed by atoms with Gasteiger partial charge in [-0.25, -0.2) is 0 Å². The molecule has 0 bridgehead atoms. The molecule has 1 N–H and O–H groups in total. The number of nitrogens with zero attached hydrogens (tertiary/aromatic N) is 6. The molecule has 0 spiro atoms. The van der Waals surface area contributed by atoms with Crippen molar-refractivity contribution in [3.8, 4) is 0 Å². The van der Waals surface area contributed by atoms with E-state index in [0.717, 1.165) is 11.3 Å². The number of aromatic nitrogens is 5. The highest BCUT2D eigenvalue weighted by Gasteiger charge is 2.24. The number of aliphatic hydroxyl groups is 1. The van der Waals surface area contributed by atoms with Gasteiger partial charge in [-0.05, 0) is 11.6 Å². The number of rotatable bonds is 5. The van der Waals surface area contributed by atoms with E-state index in [-0.39, 0.29) is 12.5 Å². The Morgan fingerprint density at radius 1 is 1.15 bits per heavy atom. The molecule has 0 saturated carbocycles. The van der Waals surface area contributed by atoms with Gasteiger partial charge in [0, 0.05) is 13.0 Å². The Morgan fingerprint density at radius 3 is 2.69 bits per heavy atom. The molecule has 4 rings (SSSR count). The molecule has 1 aromatic carbocycles. The molecule has 1 amide bonds. The van der Waals surface area contributed by atoms with Gasteiger partial charge in [0.2, 0.25) is 5.91 Å². The first-order valence-corrected chi connectivity index (χ1v) is 8.59. The van der Waals surface area contributed by atoms with Gasteiger partial charge in [-0.2, -0.15) is 20.1 Å². The van der Waals surface area contributed by atoms with Crippen molar-refractivity contribution >= 4 is 5.91 Å². The van der Waals surface area contributed by atoms with Crippen molar-refractivity contribution in [2.45, 2.75) is 32.2 Å². The van der Waals surface area contributed by atoms with E-state index in [2.05, 4.69) is 15.3 Å². The third-order valence-corrected chi connectivity index (χ3v) is 4.53. The first-order valence-electron chi connectivity index (χ1n) is 8.59. The smallest absolute Gasteiger partial charge is 0.246 e. The van der Waals surface area contributed by atoms with E-state index in [1.165, 1.54) is 4.80 Å². The van der Waals surface area contributed by atoms with Crippen molar-refractivity contribution in [1.29, 1.82) is 0 Å². The van der Waals surface area contributed by atoms with E-state index in [9.17, 15) is 9.90 Å². The molecule has 0 saturated heterocycles. The minimum atomic E-state index is -0.659. The Balaban J connectivity index is 1.42. The number of hydrogen-bond donors (Lipinski definition) is 1. The van der Waals surface area contributed by atoms with Crippen molar-refractivity contribution in [1.82, 2.24) is 29.7 Å². The van der Waals surface area contributed by atoms with Crippen LogP contribution in [-0.2, 0) is 30.8 Å². The molecular formula is C18H20N6O2. The first kappa shape index (κ1) is 16.5. The molecular weight excluding hydrogens is 332 g/mol. The fraction of sp³-hybridized carbons (Fsp3) is 0.333. The van der Waals surface area contributed by atoms with Crippen LogP contribution in [0.2, 0.25) is 0 Å². The predicted octanol–water partition coefficient (Wildman–Crippen LogP) is 0.793. The number of fused-ring (bicyclic) bond motifs is 1. The zero-order valence-corrected chi connectivity index (χ0v) is 14.3. The van der Waals surface area contributed by atoms with Gasteiger partial charge in [0.05, 0.1) is 36.9 Å². The van der Waals surface area contributed by atoms with E-state index in [1.54, 1.807) is 17.3 Å². The quantitative estimate of drug-likeness (QED) is 0.733. The lowest BCUT2D eigenvalue weighted by molar-refractivity contribution is -0.133. The molecule has 0 aliphatic carbocycles. The van der Waals surface area contributed by atoms with Crippen LogP contribution < -0.4 is 0 Å². The van der Waals surface area contributed by atoms with Crippen molar-refractivity contribution in [2.75, 3.05) is 6.54 Å². The van der Waals surface area contributed by atoms with Gasteiger partial charge in [-0.1, -0.05) is 30.3 Å². The second kappa shape index (κ2) is 7.09. The molecule has 8 heteroatoms. The molecule has 3 heterocycles. The van der Waals surface area contributed by atoms with E-state index in [0.29, 0.717) is 31.7 Å². The highest BCUT2D eigenvalue weighted by Crippen LogP contribution is 2.21. The van der Waals surface area contributed by atoms with E-state index in [1.807, 2.05) is 41.1 Å². The Kier molecular flexibility index (Phi) is 4.49. The number of aliphatic hydroxyl groups excluding tert-OH is 1. The summed E-state index contributed by atoms with van der Waals surface area (Å²) < 4.78 is 1.87. The normalized spacial score (nSPS) is 14.9. The number of hydrogen-bond acceptors (Lipinski definition) is 5. The van der Waals surface area contributed by atoms with E-state index < -0.39 is 6.10 Å².